The minimum Gasteiger partial charge on any atom is -0.347 e. The molecule has 2 N–H and O–H groups in total. The van der Waals surface area contributed by atoms with Crippen molar-refractivity contribution in [1.82, 2.24) is 4.98 Å². The summed E-state index contributed by atoms with van der Waals surface area (Å²) in [6, 6.07) is 8.40. The van der Waals surface area contributed by atoms with Crippen LogP contribution in [0.4, 0.5) is 5.13 Å². The molecule has 19 heavy (non-hydrogen) atoms. The first-order valence-electron chi connectivity index (χ1n) is 6.16. The van der Waals surface area contributed by atoms with Crippen molar-refractivity contribution in [3.63, 3.8) is 0 Å². The highest BCUT2D eigenvalue weighted by atomic mass is 79.9. The highest BCUT2D eigenvalue weighted by Crippen LogP contribution is 2.29. The second kappa shape index (κ2) is 6.03. The van der Waals surface area contributed by atoms with Gasteiger partial charge in [0.25, 0.3) is 0 Å². The van der Waals surface area contributed by atoms with Gasteiger partial charge in [0.15, 0.2) is 5.13 Å². The Labute approximate surface area is 126 Å². The summed E-state index contributed by atoms with van der Waals surface area (Å²) >= 11 is 5.13. The van der Waals surface area contributed by atoms with E-state index in [0.29, 0.717) is 0 Å². The average molecular weight is 340 g/mol. The van der Waals surface area contributed by atoms with Crippen molar-refractivity contribution in [2.45, 2.75) is 26.4 Å². The number of thiazole rings is 1. The lowest BCUT2D eigenvalue weighted by Gasteiger charge is -2.15. The molecule has 0 aliphatic rings. The van der Waals surface area contributed by atoms with Gasteiger partial charge in [0.2, 0.25) is 0 Å². The number of rotatable bonds is 4. The molecule has 1 unspecified atom stereocenters. The van der Waals surface area contributed by atoms with Crippen molar-refractivity contribution in [3.8, 4) is 0 Å². The lowest BCUT2D eigenvalue weighted by Crippen LogP contribution is -2.15. The standard InChI is InChI=1S/C14H18BrN3S/c1-9(16)13-10(2)17-14(19-13)18(3)8-11-4-6-12(15)7-5-11/h4-7,9H,8,16H2,1-3H3. The first-order chi connectivity index (χ1) is 8.97. The molecule has 0 bridgehead atoms. The Bertz CT molecular complexity index is 548. The number of aromatic nitrogens is 1. The van der Waals surface area contributed by atoms with Crippen LogP contribution in [0.1, 0.15) is 29.1 Å². The van der Waals surface area contributed by atoms with E-state index >= 15 is 0 Å². The third-order valence-corrected chi connectivity index (χ3v) is 4.90. The molecule has 0 spiro atoms. The van der Waals surface area contributed by atoms with Crippen LogP contribution in [0.5, 0.6) is 0 Å². The monoisotopic (exact) mass is 339 g/mol. The largest absolute Gasteiger partial charge is 0.347 e. The van der Waals surface area contributed by atoms with Crippen LogP contribution in [0, 0.1) is 6.92 Å². The summed E-state index contributed by atoms with van der Waals surface area (Å²) in [7, 11) is 2.06. The van der Waals surface area contributed by atoms with Crippen LogP contribution in [-0.4, -0.2) is 12.0 Å². The van der Waals surface area contributed by atoms with Gasteiger partial charge in [0.1, 0.15) is 0 Å². The molecule has 2 aromatic rings. The summed E-state index contributed by atoms with van der Waals surface area (Å²) in [6.45, 7) is 4.86. The zero-order valence-corrected chi connectivity index (χ0v) is 13.8. The third kappa shape index (κ3) is 3.55. The third-order valence-electron chi connectivity index (χ3n) is 2.89. The molecule has 0 radical (unpaired) electrons. The van der Waals surface area contributed by atoms with Gasteiger partial charge in [-0.15, -0.1) is 11.3 Å². The molecule has 0 saturated heterocycles. The number of benzene rings is 1. The van der Waals surface area contributed by atoms with E-state index in [1.165, 1.54) is 5.56 Å². The van der Waals surface area contributed by atoms with E-state index in [-0.39, 0.29) is 6.04 Å². The normalized spacial score (nSPS) is 12.5. The Morgan fingerprint density at radius 1 is 1.37 bits per heavy atom. The smallest absolute Gasteiger partial charge is 0.185 e. The van der Waals surface area contributed by atoms with E-state index in [0.717, 1.165) is 26.7 Å². The molecule has 0 aliphatic heterocycles. The van der Waals surface area contributed by atoms with Crippen molar-refractivity contribution < 1.29 is 0 Å². The van der Waals surface area contributed by atoms with E-state index in [2.05, 4.69) is 57.1 Å². The quantitative estimate of drug-likeness (QED) is 0.919. The van der Waals surface area contributed by atoms with Crippen LogP contribution in [0.2, 0.25) is 0 Å². The van der Waals surface area contributed by atoms with E-state index in [9.17, 15) is 0 Å². The number of anilines is 1. The van der Waals surface area contributed by atoms with E-state index in [4.69, 9.17) is 5.73 Å². The molecular weight excluding hydrogens is 322 g/mol. The Morgan fingerprint density at radius 3 is 2.53 bits per heavy atom. The van der Waals surface area contributed by atoms with Gasteiger partial charge in [-0.3, -0.25) is 0 Å². The summed E-state index contributed by atoms with van der Waals surface area (Å²) in [5, 5.41) is 1.02. The lowest BCUT2D eigenvalue weighted by molar-refractivity contribution is 0.824. The molecule has 0 aliphatic carbocycles. The van der Waals surface area contributed by atoms with Gasteiger partial charge in [0.05, 0.1) is 5.69 Å². The SMILES string of the molecule is Cc1nc(N(C)Cc2ccc(Br)cc2)sc1C(C)N. The second-order valence-electron chi connectivity index (χ2n) is 4.72. The van der Waals surface area contributed by atoms with Crippen LogP contribution in [0.3, 0.4) is 0 Å². The molecule has 102 valence electrons. The summed E-state index contributed by atoms with van der Waals surface area (Å²) < 4.78 is 1.10. The van der Waals surface area contributed by atoms with Gasteiger partial charge < -0.3 is 10.6 Å². The maximum absolute atomic E-state index is 5.94. The lowest BCUT2D eigenvalue weighted by atomic mass is 10.2. The van der Waals surface area contributed by atoms with Crippen molar-refractivity contribution in [2.75, 3.05) is 11.9 Å². The number of hydrogen-bond donors (Lipinski definition) is 1. The van der Waals surface area contributed by atoms with Gasteiger partial charge in [-0.25, -0.2) is 4.98 Å². The van der Waals surface area contributed by atoms with Gasteiger partial charge in [0, 0.05) is 29.0 Å². The van der Waals surface area contributed by atoms with E-state index < -0.39 is 0 Å². The fraction of sp³-hybridized carbons (Fsp3) is 0.357. The van der Waals surface area contributed by atoms with Crippen molar-refractivity contribution in [2.24, 2.45) is 5.73 Å². The van der Waals surface area contributed by atoms with Crippen LogP contribution < -0.4 is 10.6 Å². The molecule has 1 aromatic carbocycles. The Morgan fingerprint density at radius 2 is 2.00 bits per heavy atom. The topological polar surface area (TPSA) is 42.2 Å². The number of nitrogens with two attached hydrogens (primary N) is 1. The molecule has 0 fully saturated rings. The van der Waals surface area contributed by atoms with Crippen LogP contribution in [0.25, 0.3) is 0 Å². The number of nitrogens with zero attached hydrogens (tertiary/aromatic N) is 2. The van der Waals surface area contributed by atoms with Gasteiger partial charge in [-0.2, -0.15) is 0 Å². The predicted octanol–water partition coefficient (Wildman–Crippen LogP) is 3.87. The summed E-state index contributed by atoms with van der Waals surface area (Å²) in [4.78, 5) is 7.92. The summed E-state index contributed by atoms with van der Waals surface area (Å²) in [5.74, 6) is 0. The van der Waals surface area contributed by atoms with Crippen molar-refractivity contribution in [1.29, 1.82) is 0 Å². The molecule has 0 saturated carbocycles. The molecule has 1 atom stereocenters. The Balaban J connectivity index is 2.13. The van der Waals surface area contributed by atoms with Crippen LogP contribution in [-0.2, 0) is 6.54 Å². The first-order valence-corrected chi connectivity index (χ1v) is 7.77. The fourth-order valence-corrected chi connectivity index (χ4v) is 3.15. The average Bonchev–Trinajstić information content (AvgIpc) is 2.74. The second-order valence-corrected chi connectivity index (χ2v) is 6.64. The Hall–Kier alpha value is -0.910. The minimum atomic E-state index is 0.0485. The van der Waals surface area contributed by atoms with Crippen molar-refractivity contribution in [3.05, 3.63) is 44.9 Å². The molecule has 1 heterocycles. The van der Waals surface area contributed by atoms with Gasteiger partial charge in [-0.05, 0) is 31.5 Å². The maximum atomic E-state index is 5.94. The van der Waals surface area contributed by atoms with Crippen LogP contribution >= 0.6 is 27.3 Å². The molecule has 5 heteroatoms. The Kier molecular flexibility index (Phi) is 4.60. The maximum Gasteiger partial charge on any atom is 0.185 e. The number of halogens is 1. The molecule has 3 nitrogen and oxygen atoms in total. The molecule has 0 amide bonds. The summed E-state index contributed by atoms with van der Waals surface area (Å²) in [5.41, 5.74) is 8.25. The molecular formula is C14H18BrN3S. The van der Waals surface area contributed by atoms with Crippen LogP contribution in [0.15, 0.2) is 28.7 Å². The minimum absolute atomic E-state index is 0.0485. The highest BCUT2D eigenvalue weighted by molar-refractivity contribution is 9.10. The summed E-state index contributed by atoms with van der Waals surface area (Å²) in [6.07, 6.45) is 0. The first kappa shape index (κ1) is 14.5. The fourth-order valence-electron chi connectivity index (χ4n) is 1.91. The zero-order valence-electron chi connectivity index (χ0n) is 11.4. The van der Waals surface area contributed by atoms with E-state index in [1.807, 2.05) is 13.8 Å². The van der Waals surface area contributed by atoms with E-state index in [1.54, 1.807) is 11.3 Å². The predicted molar refractivity (Wildman–Crippen MR) is 85.7 cm³/mol. The number of hydrogen-bond acceptors (Lipinski definition) is 4. The van der Waals surface area contributed by atoms with Gasteiger partial charge in [-0.1, -0.05) is 28.1 Å². The highest BCUT2D eigenvalue weighted by Gasteiger charge is 2.14. The number of aryl methyl sites for hydroxylation is 1. The molecule has 2 rings (SSSR count). The van der Waals surface area contributed by atoms with Gasteiger partial charge >= 0.3 is 0 Å². The molecule has 1 aromatic heterocycles. The van der Waals surface area contributed by atoms with Crippen molar-refractivity contribution >= 4 is 32.4 Å². The zero-order chi connectivity index (χ0) is 14.0.